The standard InChI is InChI=1S/C14H20O6/c15-6-10-12(17)13(18)11(7-16)20-14(10)19-8-9-4-2-1-3-5-9/h1-5,10-18H,6-8H2/t10?,11?,12?,13-,14+/m0/s1. The van der Waals surface area contributed by atoms with Crippen LogP contribution in [-0.4, -0.2) is 58.2 Å². The van der Waals surface area contributed by atoms with Crippen LogP contribution in [0.4, 0.5) is 0 Å². The summed E-state index contributed by atoms with van der Waals surface area (Å²) in [5.41, 5.74) is 0.925. The summed E-state index contributed by atoms with van der Waals surface area (Å²) in [6.07, 6.45) is -4.25. The summed E-state index contributed by atoms with van der Waals surface area (Å²) in [5, 5.41) is 38.1. The fraction of sp³-hybridized carbons (Fsp3) is 0.571. The van der Waals surface area contributed by atoms with Crippen LogP contribution in [-0.2, 0) is 16.1 Å². The number of hydrogen-bond acceptors (Lipinski definition) is 6. The number of ether oxygens (including phenoxy) is 2. The Kier molecular flexibility index (Phi) is 5.47. The molecule has 1 heterocycles. The maximum Gasteiger partial charge on any atom is 0.166 e. The highest BCUT2D eigenvalue weighted by Crippen LogP contribution is 2.27. The van der Waals surface area contributed by atoms with Crippen molar-refractivity contribution in [2.24, 2.45) is 5.92 Å². The van der Waals surface area contributed by atoms with Gasteiger partial charge in [-0.05, 0) is 5.56 Å². The molecule has 3 unspecified atom stereocenters. The smallest absolute Gasteiger partial charge is 0.166 e. The highest BCUT2D eigenvalue weighted by Gasteiger charge is 2.44. The minimum absolute atomic E-state index is 0.253. The summed E-state index contributed by atoms with van der Waals surface area (Å²) in [5.74, 6) is -0.753. The maximum absolute atomic E-state index is 9.93. The van der Waals surface area contributed by atoms with E-state index >= 15 is 0 Å². The summed E-state index contributed by atoms with van der Waals surface area (Å²) in [6, 6.07) is 9.40. The van der Waals surface area contributed by atoms with E-state index in [-0.39, 0.29) is 13.2 Å². The molecule has 0 radical (unpaired) electrons. The molecule has 1 saturated heterocycles. The van der Waals surface area contributed by atoms with Crippen LogP contribution in [0.3, 0.4) is 0 Å². The van der Waals surface area contributed by atoms with E-state index in [1.165, 1.54) is 0 Å². The molecule has 6 heteroatoms. The van der Waals surface area contributed by atoms with Gasteiger partial charge >= 0.3 is 0 Å². The first kappa shape index (κ1) is 15.4. The van der Waals surface area contributed by atoms with Gasteiger partial charge in [0.1, 0.15) is 12.2 Å². The zero-order chi connectivity index (χ0) is 14.5. The van der Waals surface area contributed by atoms with E-state index in [9.17, 15) is 15.3 Å². The number of aliphatic hydroxyl groups excluding tert-OH is 4. The second-order valence-corrected chi connectivity index (χ2v) is 4.85. The average Bonchev–Trinajstić information content (AvgIpc) is 2.49. The molecule has 0 aromatic heterocycles. The van der Waals surface area contributed by atoms with Gasteiger partial charge in [-0.2, -0.15) is 0 Å². The lowest BCUT2D eigenvalue weighted by Crippen LogP contribution is -2.57. The van der Waals surface area contributed by atoms with Crippen LogP contribution in [0.5, 0.6) is 0 Å². The van der Waals surface area contributed by atoms with Crippen molar-refractivity contribution in [2.75, 3.05) is 13.2 Å². The molecule has 0 spiro atoms. The van der Waals surface area contributed by atoms with Crippen molar-refractivity contribution >= 4 is 0 Å². The predicted octanol–water partition coefficient (Wildman–Crippen LogP) is -0.749. The highest BCUT2D eigenvalue weighted by atomic mass is 16.7. The van der Waals surface area contributed by atoms with Crippen LogP contribution in [0.1, 0.15) is 5.56 Å². The Balaban J connectivity index is 2.00. The van der Waals surface area contributed by atoms with Crippen LogP contribution < -0.4 is 0 Å². The first-order valence-electron chi connectivity index (χ1n) is 6.56. The number of rotatable bonds is 5. The van der Waals surface area contributed by atoms with E-state index < -0.39 is 37.1 Å². The molecule has 0 bridgehead atoms. The summed E-state index contributed by atoms with van der Waals surface area (Å²) in [6.45, 7) is -0.555. The monoisotopic (exact) mass is 284 g/mol. The van der Waals surface area contributed by atoms with E-state index in [4.69, 9.17) is 14.6 Å². The predicted molar refractivity (Wildman–Crippen MR) is 69.6 cm³/mol. The van der Waals surface area contributed by atoms with Crippen LogP contribution in [0.2, 0.25) is 0 Å². The molecule has 20 heavy (non-hydrogen) atoms. The highest BCUT2D eigenvalue weighted by molar-refractivity contribution is 5.13. The van der Waals surface area contributed by atoms with Crippen molar-refractivity contribution in [3.63, 3.8) is 0 Å². The second kappa shape index (κ2) is 7.12. The zero-order valence-electron chi connectivity index (χ0n) is 11.0. The Morgan fingerprint density at radius 2 is 1.70 bits per heavy atom. The Bertz CT molecular complexity index is 398. The molecule has 5 atom stereocenters. The molecule has 0 amide bonds. The fourth-order valence-corrected chi connectivity index (χ4v) is 2.25. The topological polar surface area (TPSA) is 99.4 Å². The largest absolute Gasteiger partial charge is 0.396 e. The van der Waals surface area contributed by atoms with Gasteiger partial charge in [0.2, 0.25) is 0 Å². The number of aliphatic hydroxyl groups is 4. The number of hydrogen-bond donors (Lipinski definition) is 4. The van der Waals surface area contributed by atoms with Gasteiger partial charge in [-0.15, -0.1) is 0 Å². The van der Waals surface area contributed by atoms with Gasteiger partial charge in [0.25, 0.3) is 0 Å². The van der Waals surface area contributed by atoms with E-state index in [1.54, 1.807) is 0 Å². The molecule has 0 saturated carbocycles. The molecule has 1 aliphatic rings. The summed E-state index contributed by atoms with van der Waals surface area (Å²) in [7, 11) is 0. The lowest BCUT2D eigenvalue weighted by Gasteiger charge is -2.41. The van der Waals surface area contributed by atoms with E-state index in [1.807, 2.05) is 30.3 Å². The van der Waals surface area contributed by atoms with E-state index in [0.717, 1.165) is 5.56 Å². The minimum Gasteiger partial charge on any atom is -0.396 e. The van der Waals surface area contributed by atoms with Gasteiger partial charge < -0.3 is 29.9 Å². The van der Waals surface area contributed by atoms with E-state index in [0.29, 0.717) is 0 Å². The van der Waals surface area contributed by atoms with Crippen LogP contribution in [0.25, 0.3) is 0 Å². The summed E-state index contributed by atoms with van der Waals surface area (Å²) >= 11 is 0. The molecule has 1 aromatic rings. The van der Waals surface area contributed by atoms with Crippen molar-refractivity contribution < 1.29 is 29.9 Å². The third kappa shape index (κ3) is 3.35. The van der Waals surface area contributed by atoms with Crippen molar-refractivity contribution in [3.8, 4) is 0 Å². The van der Waals surface area contributed by atoms with Crippen molar-refractivity contribution in [3.05, 3.63) is 35.9 Å². The minimum atomic E-state index is -1.24. The fourth-order valence-electron chi connectivity index (χ4n) is 2.25. The van der Waals surface area contributed by atoms with Gasteiger partial charge in [0, 0.05) is 0 Å². The molecule has 2 rings (SSSR count). The molecule has 6 nitrogen and oxygen atoms in total. The second-order valence-electron chi connectivity index (χ2n) is 4.85. The molecule has 1 aliphatic heterocycles. The first-order chi connectivity index (χ1) is 9.67. The van der Waals surface area contributed by atoms with Gasteiger partial charge in [0.15, 0.2) is 6.29 Å². The van der Waals surface area contributed by atoms with Crippen molar-refractivity contribution in [1.29, 1.82) is 0 Å². The average molecular weight is 284 g/mol. The van der Waals surface area contributed by atoms with Crippen molar-refractivity contribution in [2.45, 2.75) is 31.2 Å². The lowest BCUT2D eigenvalue weighted by atomic mass is 9.91. The van der Waals surface area contributed by atoms with Gasteiger partial charge in [-0.25, -0.2) is 0 Å². The zero-order valence-corrected chi connectivity index (χ0v) is 11.0. The molecule has 4 N–H and O–H groups in total. The molecule has 112 valence electrons. The van der Waals surface area contributed by atoms with Gasteiger partial charge in [-0.3, -0.25) is 0 Å². The molecule has 0 aliphatic carbocycles. The van der Waals surface area contributed by atoms with Crippen LogP contribution in [0, 0.1) is 5.92 Å². The van der Waals surface area contributed by atoms with Gasteiger partial charge in [0.05, 0.1) is 31.8 Å². The third-order valence-electron chi connectivity index (χ3n) is 3.48. The lowest BCUT2D eigenvalue weighted by molar-refractivity contribution is -0.293. The van der Waals surface area contributed by atoms with E-state index in [2.05, 4.69) is 0 Å². The maximum atomic E-state index is 9.93. The quantitative estimate of drug-likeness (QED) is 0.568. The molecular formula is C14H20O6. The first-order valence-corrected chi connectivity index (χ1v) is 6.56. The van der Waals surface area contributed by atoms with Crippen molar-refractivity contribution in [1.82, 2.24) is 0 Å². The molecular weight excluding hydrogens is 264 g/mol. The Labute approximate surface area is 117 Å². The SMILES string of the molecule is OCC1C(O)[C@@H](O)C(CO)O[C@H]1OCc1ccccc1. The Morgan fingerprint density at radius 1 is 1.00 bits per heavy atom. The summed E-state index contributed by atoms with van der Waals surface area (Å²) < 4.78 is 11.0. The summed E-state index contributed by atoms with van der Waals surface area (Å²) in [4.78, 5) is 0. The molecule has 1 fully saturated rings. The number of benzene rings is 1. The Hall–Kier alpha value is -1.02. The normalized spacial score (nSPS) is 34.1. The van der Waals surface area contributed by atoms with Crippen LogP contribution in [0.15, 0.2) is 30.3 Å². The van der Waals surface area contributed by atoms with Gasteiger partial charge in [-0.1, -0.05) is 30.3 Å². The van der Waals surface area contributed by atoms with Crippen LogP contribution >= 0.6 is 0 Å². The Morgan fingerprint density at radius 3 is 2.30 bits per heavy atom. The molecule has 1 aromatic carbocycles. The third-order valence-corrected chi connectivity index (χ3v) is 3.48.